The lowest BCUT2D eigenvalue weighted by molar-refractivity contribution is 0.0928. The summed E-state index contributed by atoms with van der Waals surface area (Å²) in [5.41, 5.74) is 8.92. The molecule has 6 heteroatoms. The summed E-state index contributed by atoms with van der Waals surface area (Å²) in [6.07, 6.45) is 4.97. The van der Waals surface area contributed by atoms with Crippen LogP contribution in [0.5, 0.6) is 0 Å². The molecular formula is C15H20N4OS. The summed E-state index contributed by atoms with van der Waals surface area (Å²) in [5, 5.41) is 12.1. The molecule has 0 spiro atoms. The van der Waals surface area contributed by atoms with E-state index in [0.717, 1.165) is 37.8 Å². The highest BCUT2D eigenvalue weighted by molar-refractivity contribution is 7.10. The second-order valence-corrected chi connectivity index (χ2v) is 6.43. The number of hydrogen-bond donors (Lipinski definition) is 3. The molecule has 0 bridgehead atoms. The number of nitrogens with two attached hydrogens (primary N) is 1. The molecule has 2 heterocycles. The standard InChI is InChI=1S/C15H20N4OS/c1-2-4-11-13(16)14(19-18-11)15(20)17-10-5-3-6-12-9(10)7-8-21-12/h7-8,10H,2-6,16H2,1H3,(H,17,20)(H,18,19). The van der Waals surface area contributed by atoms with E-state index in [9.17, 15) is 4.79 Å². The zero-order valence-electron chi connectivity index (χ0n) is 12.1. The maximum absolute atomic E-state index is 12.4. The van der Waals surface area contributed by atoms with E-state index in [1.165, 1.54) is 10.4 Å². The van der Waals surface area contributed by atoms with Crippen LogP contribution in [0.15, 0.2) is 11.4 Å². The Hall–Kier alpha value is -1.82. The van der Waals surface area contributed by atoms with E-state index >= 15 is 0 Å². The summed E-state index contributed by atoms with van der Waals surface area (Å²) in [6.45, 7) is 2.07. The predicted octanol–water partition coefficient (Wildman–Crippen LogP) is 2.81. The van der Waals surface area contributed by atoms with Gasteiger partial charge in [0.25, 0.3) is 5.91 Å². The van der Waals surface area contributed by atoms with Crippen molar-refractivity contribution in [2.45, 2.75) is 45.1 Å². The smallest absolute Gasteiger partial charge is 0.274 e. The topological polar surface area (TPSA) is 83.8 Å². The fourth-order valence-corrected chi connectivity index (χ4v) is 3.85. The lowest BCUT2D eigenvalue weighted by atomic mass is 9.94. The lowest BCUT2D eigenvalue weighted by Crippen LogP contribution is -2.31. The number of rotatable bonds is 4. The first-order valence-corrected chi connectivity index (χ1v) is 8.28. The number of amides is 1. The summed E-state index contributed by atoms with van der Waals surface area (Å²) in [7, 11) is 0. The van der Waals surface area contributed by atoms with Crippen LogP contribution in [-0.4, -0.2) is 16.1 Å². The summed E-state index contributed by atoms with van der Waals surface area (Å²) < 4.78 is 0. The Kier molecular flexibility index (Phi) is 3.96. The molecule has 0 radical (unpaired) electrons. The summed E-state index contributed by atoms with van der Waals surface area (Å²) in [5.74, 6) is -0.185. The molecule has 1 aliphatic rings. The van der Waals surface area contributed by atoms with Crippen LogP contribution in [0.3, 0.4) is 0 Å². The Labute approximate surface area is 127 Å². The minimum atomic E-state index is -0.185. The predicted molar refractivity (Wildman–Crippen MR) is 84.5 cm³/mol. The van der Waals surface area contributed by atoms with Gasteiger partial charge in [0.1, 0.15) is 0 Å². The molecule has 2 aromatic heterocycles. The van der Waals surface area contributed by atoms with Crippen LogP contribution in [0, 0.1) is 0 Å². The molecular weight excluding hydrogens is 284 g/mol. The molecule has 1 amide bonds. The SMILES string of the molecule is CCCc1[nH]nc(C(=O)NC2CCCc3sccc32)c1N. The van der Waals surface area contributed by atoms with Crippen molar-refractivity contribution in [2.24, 2.45) is 0 Å². The average molecular weight is 304 g/mol. The number of hydrogen-bond acceptors (Lipinski definition) is 4. The van der Waals surface area contributed by atoms with E-state index in [1.807, 2.05) is 0 Å². The Bertz CT molecular complexity index is 646. The fourth-order valence-electron chi connectivity index (χ4n) is 2.86. The van der Waals surface area contributed by atoms with Gasteiger partial charge in [-0.05, 0) is 42.7 Å². The molecule has 0 saturated carbocycles. The number of fused-ring (bicyclic) bond motifs is 1. The zero-order chi connectivity index (χ0) is 14.8. The van der Waals surface area contributed by atoms with E-state index in [2.05, 4.69) is 33.9 Å². The summed E-state index contributed by atoms with van der Waals surface area (Å²) in [4.78, 5) is 13.8. The number of H-pyrrole nitrogens is 1. The second-order valence-electron chi connectivity index (χ2n) is 5.43. The first kappa shape index (κ1) is 14.1. The molecule has 112 valence electrons. The Morgan fingerprint density at radius 1 is 1.62 bits per heavy atom. The third-order valence-corrected chi connectivity index (χ3v) is 4.95. The third kappa shape index (κ3) is 2.68. The van der Waals surface area contributed by atoms with Crippen molar-refractivity contribution in [3.8, 4) is 0 Å². The van der Waals surface area contributed by atoms with E-state index in [1.54, 1.807) is 11.3 Å². The number of aromatic nitrogens is 2. The Balaban J connectivity index is 1.76. The molecule has 1 atom stereocenters. The number of carbonyl (C=O) groups is 1. The molecule has 0 saturated heterocycles. The maximum Gasteiger partial charge on any atom is 0.274 e. The maximum atomic E-state index is 12.4. The number of nitrogens with one attached hydrogen (secondary N) is 2. The zero-order valence-corrected chi connectivity index (χ0v) is 12.9. The molecule has 1 aliphatic carbocycles. The van der Waals surface area contributed by atoms with Crippen LogP contribution in [-0.2, 0) is 12.8 Å². The molecule has 21 heavy (non-hydrogen) atoms. The van der Waals surface area contributed by atoms with Crippen molar-refractivity contribution in [2.75, 3.05) is 5.73 Å². The monoisotopic (exact) mass is 304 g/mol. The van der Waals surface area contributed by atoms with Crippen molar-refractivity contribution in [3.63, 3.8) is 0 Å². The molecule has 3 rings (SSSR count). The normalized spacial score (nSPS) is 17.5. The van der Waals surface area contributed by atoms with Gasteiger partial charge in [-0.25, -0.2) is 0 Å². The number of aromatic amines is 1. The van der Waals surface area contributed by atoms with Gasteiger partial charge in [0, 0.05) is 4.88 Å². The molecule has 0 aromatic carbocycles. The number of nitrogen functional groups attached to an aromatic ring is 1. The van der Waals surface area contributed by atoms with E-state index in [4.69, 9.17) is 5.73 Å². The molecule has 1 unspecified atom stereocenters. The van der Waals surface area contributed by atoms with Gasteiger partial charge in [0.15, 0.2) is 5.69 Å². The van der Waals surface area contributed by atoms with Crippen LogP contribution in [0.4, 0.5) is 5.69 Å². The first-order chi connectivity index (χ1) is 10.2. The van der Waals surface area contributed by atoms with Crippen LogP contribution in [0.25, 0.3) is 0 Å². The van der Waals surface area contributed by atoms with Crippen molar-refractivity contribution >= 4 is 22.9 Å². The van der Waals surface area contributed by atoms with Gasteiger partial charge in [-0.2, -0.15) is 5.10 Å². The van der Waals surface area contributed by atoms with E-state index in [0.29, 0.717) is 11.4 Å². The van der Waals surface area contributed by atoms with Gasteiger partial charge >= 0.3 is 0 Å². The number of carbonyl (C=O) groups excluding carboxylic acids is 1. The van der Waals surface area contributed by atoms with Gasteiger partial charge in [0.05, 0.1) is 17.4 Å². The Morgan fingerprint density at radius 2 is 2.48 bits per heavy atom. The number of thiophene rings is 1. The van der Waals surface area contributed by atoms with Crippen molar-refractivity contribution in [1.82, 2.24) is 15.5 Å². The van der Waals surface area contributed by atoms with Crippen LogP contribution < -0.4 is 11.1 Å². The van der Waals surface area contributed by atoms with Crippen molar-refractivity contribution < 1.29 is 4.79 Å². The van der Waals surface area contributed by atoms with Crippen LogP contribution >= 0.6 is 11.3 Å². The number of aryl methyl sites for hydroxylation is 2. The van der Waals surface area contributed by atoms with Gasteiger partial charge < -0.3 is 11.1 Å². The molecule has 4 N–H and O–H groups in total. The Morgan fingerprint density at radius 3 is 3.29 bits per heavy atom. The van der Waals surface area contributed by atoms with Crippen molar-refractivity contribution in [3.05, 3.63) is 33.3 Å². The van der Waals surface area contributed by atoms with Crippen LogP contribution in [0.2, 0.25) is 0 Å². The van der Waals surface area contributed by atoms with Crippen molar-refractivity contribution in [1.29, 1.82) is 0 Å². The van der Waals surface area contributed by atoms with Gasteiger partial charge in [-0.1, -0.05) is 13.3 Å². The quantitative estimate of drug-likeness (QED) is 0.812. The number of anilines is 1. The van der Waals surface area contributed by atoms with E-state index in [-0.39, 0.29) is 11.9 Å². The highest BCUT2D eigenvalue weighted by Gasteiger charge is 2.25. The average Bonchev–Trinajstić information content (AvgIpc) is 3.08. The second kappa shape index (κ2) is 5.89. The molecule has 5 nitrogen and oxygen atoms in total. The first-order valence-electron chi connectivity index (χ1n) is 7.40. The minimum Gasteiger partial charge on any atom is -0.395 e. The number of nitrogens with zero attached hydrogens (tertiary/aromatic N) is 1. The highest BCUT2D eigenvalue weighted by atomic mass is 32.1. The molecule has 0 fully saturated rings. The summed E-state index contributed by atoms with van der Waals surface area (Å²) >= 11 is 1.77. The minimum absolute atomic E-state index is 0.0817. The van der Waals surface area contributed by atoms with Crippen LogP contribution in [0.1, 0.15) is 58.9 Å². The van der Waals surface area contributed by atoms with Gasteiger partial charge in [-0.3, -0.25) is 9.89 Å². The third-order valence-electron chi connectivity index (χ3n) is 3.96. The lowest BCUT2D eigenvalue weighted by Gasteiger charge is -2.23. The largest absolute Gasteiger partial charge is 0.395 e. The molecule has 0 aliphatic heterocycles. The molecule has 2 aromatic rings. The van der Waals surface area contributed by atoms with Gasteiger partial charge in [-0.15, -0.1) is 11.3 Å². The fraction of sp³-hybridized carbons (Fsp3) is 0.467. The highest BCUT2D eigenvalue weighted by Crippen LogP contribution is 2.33. The van der Waals surface area contributed by atoms with Gasteiger partial charge in [0.2, 0.25) is 0 Å². The van der Waals surface area contributed by atoms with E-state index < -0.39 is 0 Å². The summed E-state index contributed by atoms with van der Waals surface area (Å²) in [6, 6.07) is 2.19.